The molecule has 6 nitrogen and oxygen atoms in total. The highest BCUT2D eigenvalue weighted by molar-refractivity contribution is 9.10. The van der Waals surface area contributed by atoms with Crippen molar-refractivity contribution in [2.24, 2.45) is 0 Å². The molecule has 3 rings (SSSR count). The van der Waals surface area contributed by atoms with Crippen LogP contribution in [0, 0.1) is 10.1 Å². The van der Waals surface area contributed by atoms with Gasteiger partial charge in [0.2, 0.25) is 5.82 Å². The predicted octanol–water partition coefficient (Wildman–Crippen LogP) is 2.45. The van der Waals surface area contributed by atoms with Crippen molar-refractivity contribution in [1.82, 2.24) is 10.3 Å². The molecule has 2 atom stereocenters. The van der Waals surface area contributed by atoms with Crippen LogP contribution in [0.25, 0.3) is 0 Å². The Hall–Kier alpha value is -1.21. The predicted molar refractivity (Wildman–Crippen MR) is 75.2 cm³/mol. The van der Waals surface area contributed by atoms with Gasteiger partial charge >= 0.3 is 5.69 Å². The van der Waals surface area contributed by atoms with Crippen LogP contribution in [0.5, 0.6) is 0 Å². The molecule has 2 saturated heterocycles. The Kier molecular flexibility index (Phi) is 3.40. The Morgan fingerprint density at radius 2 is 2.11 bits per heavy atom. The van der Waals surface area contributed by atoms with Crippen LogP contribution < -0.4 is 10.6 Å². The number of pyridine rings is 1. The molecule has 2 aliphatic rings. The lowest BCUT2D eigenvalue weighted by atomic mass is 10.00. The van der Waals surface area contributed by atoms with Crippen LogP contribution in [0.15, 0.2) is 16.7 Å². The number of rotatable bonds is 3. The summed E-state index contributed by atoms with van der Waals surface area (Å²) >= 11 is 3.21. The molecule has 7 heteroatoms. The molecular weight excluding hydrogens is 312 g/mol. The van der Waals surface area contributed by atoms with Crippen LogP contribution in [-0.4, -0.2) is 28.0 Å². The van der Waals surface area contributed by atoms with Crippen LogP contribution in [-0.2, 0) is 0 Å². The molecule has 2 aliphatic heterocycles. The number of hydrogen-bond donors (Lipinski definition) is 2. The van der Waals surface area contributed by atoms with Gasteiger partial charge < -0.3 is 10.6 Å². The van der Waals surface area contributed by atoms with Gasteiger partial charge in [0.05, 0.1) is 4.92 Å². The van der Waals surface area contributed by atoms with Crippen molar-refractivity contribution in [1.29, 1.82) is 0 Å². The Morgan fingerprint density at radius 3 is 2.74 bits per heavy atom. The van der Waals surface area contributed by atoms with Crippen molar-refractivity contribution in [3.05, 3.63) is 26.9 Å². The van der Waals surface area contributed by atoms with Gasteiger partial charge in [-0.3, -0.25) is 10.1 Å². The standard InChI is InChI=1S/C12H15BrN4O2/c13-7-3-11(17(18)19)12(14-6-7)16-10-4-8-1-2-9(5-10)15-8/h3,6,8-10,15H,1-2,4-5H2,(H,14,16). The SMILES string of the molecule is O=[N+]([O-])c1cc(Br)cnc1NC1CC2CCC(C1)N2. The molecule has 3 heterocycles. The molecule has 1 aromatic heterocycles. The quantitative estimate of drug-likeness (QED) is 0.658. The first kappa shape index (κ1) is 12.8. The fraction of sp³-hybridized carbons (Fsp3) is 0.583. The highest BCUT2D eigenvalue weighted by atomic mass is 79.9. The summed E-state index contributed by atoms with van der Waals surface area (Å²) in [5.74, 6) is 0.375. The zero-order valence-electron chi connectivity index (χ0n) is 10.3. The zero-order valence-corrected chi connectivity index (χ0v) is 11.9. The molecule has 0 amide bonds. The highest BCUT2D eigenvalue weighted by Gasteiger charge is 2.34. The third kappa shape index (κ3) is 2.71. The van der Waals surface area contributed by atoms with E-state index < -0.39 is 4.92 Å². The van der Waals surface area contributed by atoms with Gasteiger partial charge in [0, 0.05) is 34.9 Å². The fourth-order valence-corrected chi connectivity index (χ4v) is 3.37. The maximum atomic E-state index is 11.0. The molecule has 1 aromatic rings. The first-order valence-electron chi connectivity index (χ1n) is 6.44. The monoisotopic (exact) mass is 326 g/mol. The molecular formula is C12H15BrN4O2. The lowest BCUT2D eigenvalue weighted by Crippen LogP contribution is -2.43. The van der Waals surface area contributed by atoms with Crippen molar-refractivity contribution in [2.45, 2.75) is 43.8 Å². The summed E-state index contributed by atoms with van der Waals surface area (Å²) in [6, 6.07) is 2.85. The Labute approximate surface area is 119 Å². The van der Waals surface area contributed by atoms with Gasteiger partial charge in [0.1, 0.15) is 0 Å². The molecule has 19 heavy (non-hydrogen) atoms. The summed E-state index contributed by atoms with van der Waals surface area (Å²) in [4.78, 5) is 14.8. The van der Waals surface area contributed by atoms with Crippen LogP contribution in [0.2, 0.25) is 0 Å². The first-order valence-corrected chi connectivity index (χ1v) is 7.23. The molecule has 0 spiro atoms. The van der Waals surface area contributed by atoms with E-state index in [9.17, 15) is 10.1 Å². The molecule has 102 valence electrons. The van der Waals surface area contributed by atoms with E-state index in [1.54, 1.807) is 6.20 Å². The lowest BCUT2D eigenvalue weighted by Gasteiger charge is -2.29. The molecule has 0 aromatic carbocycles. The van der Waals surface area contributed by atoms with Gasteiger partial charge in [0.15, 0.2) is 0 Å². The van der Waals surface area contributed by atoms with Gasteiger partial charge in [-0.05, 0) is 41.6 Å². The molecule has 2 unspecified atom stereocenters. The molecule has 2 N–H and O–H groups in total. The van der Waals surface area contributed by atoms with Gasteiger partial charge in [-0.25, -0.2) is 4.98 Å². The summed E-state index contributed by atoms with van der Waals surface area (Å²) in [5, 5.41) is 17.8. The number of hydrogen-bond acceptors (Lipinski definition) is 5. The normalized spacial score (nSPS) is 29.2. The van der Waals surface area contributed by atoms with E-state index in [0.29, 0.717) is 22.4 Å². The number of halogens is 1. The second-order valence-electron chi connectivity index (χ2n) is 5.23. The van der Waals surface area contributed by atoms with E-state index in [2.05, 4.69) is 31.5 Å². The molecule has 2 fully saturated rings. The van der Waals surface area contributed by atoms with Crippen molar-refractivity contribution >= 4 is 27.4 Å². The zero-order chi connectivity index (χ0) is 13.4. The second-order valence-corrected chi connectivity index (χ2v) is 6.14. The van der Waals surface area contributed by atoms with Crippen molar-refractivity contribution in [3.8, 4) is 0 Å². The summed E-state index contributed by atoms with van der Waals surface area (Å²) in [7, 11) is 0. The number of fused-ring (bicyclic) bond motifs is 2. The van der Waals surface area contributed by atoms with E-state index in [1.165, 1.54) is 18.9 Å². The number of aromatic nitrogens is 1. The minimum absolute atomic E-state index is 0.0280. The topological polar surface area (TPSA) is 80.1 Å². The molecule has 0 aliphatic carbocycles. The molecule has 0 saturated carbocycles. The van der Waals surface area contributed by atoms with E-state index in [4.69, 9.17) is 0 Å². The van der Waals surface area contributed by atoms with Gasteiger partial charge in [-0.2, -0.15) is 0 Å². The van der Waals surface area contributed by atoms with Crippen LogP contribution in [0.4, 0.5) is 11.5 Å². The smallest absolute Gasteiger partial charge is 0.312 e. The average Bonchev–Trinajstić information content (AvgIpc) is 2.71. The minimum atomic E-state index is -0.393. The van der Waals surface area contributed by atoms with Gasteiger partial charge in [-0.1, -0.05) is 0 Å². The number of nitrogens with one attached hydrogen (secondary N) is 2. The number of nitro groups is 1. The van der Waals surface area contributed by atoms with E-state index in [0.717, 1.165) is 12.8 Å². The van der Waals surface area contributed by atoms with Crippen molar-refractivity contribution < 1.29 is 4.92 Å². The Balaban J connectivity index is 1.78. The third-order valence-electron chi connectivity index (χ3n) is 3.84. The van der Waals surface area contributed by atoms with Gasteiger partial charge in [-0.15, -0.1) is 0 Å². The maximum Gasteiger partial charge on any atom is 0.312 e. The van der Waals surface area contributed by atoms with Gasteiger partial charge in [0.25, 0.3) is 0 Å². The van der Waals surface area contributed by atoms with Crippen LogP contribution in [0.1, 0.15) is 25.7 Å². The van der Waals surface area contributed by atoms with E-state index in [1.807, 2.05) is 0 Å². The lowest BCUT2D eigenvalue weighted by molar-refractivity contribution is -0.384. The minimum Gasteiger partial charge on any atom is -0.361 e. The first-order chi connectivity index (χ1) is 9.11. The molecule has 2 bridgehead atoms. The third-order valence-corrected chi connectivity index (χ3v) is 4.28. The molecule has 0 radical (unpaired) electrons. The summed E-state index contributed by atoms with van der Waals surface area (Å²) < 4.78 is 0.620. The largest absolute Gasteiger partial charge is 0.361 e. The second kappa shape index (κ2) is 5.05. The summed E-state index contributed by atoms with van der Waals surface area (Å²) in [5.41, 5.74) is 0.0280. The number of piperidine rings is 1. The number of anilines is 1. The Bertz CT molecular complexity index is 499. The van der Waals surface area contributed by atoms with E-state index >= 15 is 0 Å². The van der Waals surface area contributed by atoms with Crippen LogP contribution in [0.3, 0.4) is 0 Å². The van der Waals surface area contributed by atoms with Crippen molar-refractivity contribution in [2.75, 3.05) is 5.32 Å². The van der Waals surface area contributed by atoms with Crippen LogP contribution >= 0.6 is 15.9 Å². The average molecular weight is 327 g/mol. The van der Waals surface area contributed by atoms with E-state index in [-0.39, 0.29) is 11.7 Å². The van der Waals surface area contributed by atoms with Crippen molar-refractivity contribution in [3.63, 3.8) is 0 Å². The fourth-order valence-electron chi connectivity index (χ4n) is 3.05. The highest BCUT2D eigenvalue weighted by Crippen LogP contribution is 2.31. The Morgan fingerprint density at radius 1 is 1.42 bits per heavy atom. The maximum absolute atomic E-state index is 11.0. The summed E-state index contributed by atoms with van der Waals surface area (Å²) in [6.07, 6.45) is 6.01. The summed E-state index contributed by atoms with van der Waals surface area (Å²) in [6.45, 7) is 0. The number of nitrogens with zero attached hydrogens (tertiary/aromatic N) is 2.